The summed E-state index contributed by atoms with van der Waals surface area (Å²) in [6, 6.07) is 7.08. The van der Waals surface area contributed by atoms with Crippen molar-refractivity contribution in [2.45, 2.75) is 23.3 Å². The van der Waals surface area contributed by atoms with E-state index in [0.717, 1.165) is 13.0 Å². The molecule has 2 aromatic rings. The highest BCUT2D eigenvalue weighted by Crippen LogP contribution is 2.24. The Labute approximate surface area is 117 Å². The van der Waals surface area contributed by atoms with Crippen molar-refractivity contribution in [2.75, 3.05) is 13.1 Å². The minimum absolute atomic E-state index is 0. The lowest BCUT2D eigenvalue weighted by Crippen LogP contribution is -2.38. The SMILES string of the molecule is Cl.O=S(=O)(c1nc2ccccc2o1)C1CCCNC1. The predicted octanol–water partition coefficient (Wildman–Crippen LogP) is 1.78. The second kappa shape index (κ2) is 5.48. The van der Waals surface area contributed by atoms with Crippen molar-refractivity contribution in [3.8, 4) is 0 Å². The topological polar surface area (TPSA) is 72.2 Å². The number of rotatable bonds is 2. The highest BCUT2D eigenvalue weighted by Gasteiger charge is 2.33. The average Bonchev–Trinajstić information content (AvgIpc) is 2.84. The van der Waals surface area contributed by atoms with Gasteiger partial charge in [-0.2, -0.15) is 4.98 Å². The van der Waals surface area contributed by atoms with Crippen molar-refractivity contribution >= 4 is 33.3 Å². The normalized spacial score (nSPS) is 20.1. The summed E-state index contributed by atoms with van der Waals surface area (Å²) in [5.74, 6) is 0. The van der Waals surface area contributed by atoms with E-state index >= 15 is 0 Å². The Balaban J connectivity index is 0.00000133. The van der Waals surface area contributed by atoms with Crippen molar-refractivity contribution in [2.24, 2.45) is 0 Å². The third-order valence-corrected chi connectivity index (χ3v) is 5.15. The summed E-state index contributed by atoms with van der Waals surface area (Å²) in [6.45, 7) is 1.35. The number of halogens is 1. The van der Waals surface area contributed by atoms with E-state index in [1.54, 1.807) is 18.2 Å². The number of aromatic nitrogens is 1. The molecule has 0 saturated carbocycles. The van der Waals surface area contributed by atoms with E-state index < -0.39 is 15.1 Å². The van der Waals surface area contributed by atoms with Crippen LogP contribution in [0.2, 0.25) is 0 Å². The zero-order chi connectivity index (χ0) is 12.6. The van der Waals surface area contributed by atoms with E-state index in [-0.39, 0.29) is 17.6 Å². The number of sulfone groups is 1. The third-order valence-electron chi connectivity index (χ3n) is 3.21. The Hall–Kier alpha value is -1.11. The molecule has 0 radical (unpaired) electrons. The monoisotopic (exact) mass is 302 g/mol. The van der Waals surface area contributed by atoms with Crippen molar-refractivity contribution in [1.29, 1.82) is 0 Å². The summed E-state index contributed by atoms with van der Waals surface area (Å²) in [7, 11) is -3.46. The molecule has 1 aliphatic heterocycles. The summed E-state index contributed by atoms with van der Waals surface area (Å²) >= 11 is 0. The molecule has 7 heteroatoms. The number of nitrogens with one attached hydrogen (secondary N) is 1. The van der Waals surface area contributed by atoms with Crippen LogP contribution in [0.15, 0.2) is 33.9 Å². The number of piperidine rings is 1. The van der Waals surface area contributed by atoms with E-state index in [0.29, 0.717) is 24.1 Å². The standard InChI is InChI=1S/C12H14N2O3S.ClH/c15-18(16,9-4-3-7-13-8-9)12-14-10-5-1-2-6-11(10)17-12;/h1-2,5-6,9,13H,3-4,7-8H2;1H. The van der Waals surface area contributed by atoms with Gasteiger partial charge in [-0.3, -0.25) is 0 Å². The Bertz CT molecular complexity index is 629. The fourth-order valence-corrected chi connectivity index (χ4v) is 3.73. The summed E-state index contributed by atoms with van der Waals surface area (Å²) in [5, 5.41) is 2.51. The van der Waals surface area contributed by atoms with E-state index in [2.05, 4.69) is 10.3 Å². The fourth-order valence-electron chi connectivity index (χ4n) is 2.20. The van der Waals surface area contributed by atoms with Crippen LogP contribution in [-0.4, -0.2) is 31.7 Å². The maximum Gasteiger partial charge on any atom is 0.316 e. The van der Waals surface area contributed by atoms with Gasteiger partial charge in [-0.15, -0.1) is 12.4 Å². The van der Waals surface area contributed by atoms with Crippen LogP contribution in [0.1, 0.15) is 12.8 Å². The zero-order valence-electron chi connectivity index (χ0n) is 10.2. The minimum atomic E-state index is -3.46. The number of fused-ring (bicyclic) bond motifs is 1. The smallest absolute Gasteiger partial charge is 0.316 e. The van der Waals surface area contributed by atoms with Gasteiger partial charge in [0.1, 0.15) is 5.52 Å². The maximum absolute atomic E-state index is 12.4. The van der Waals surface area contributed by atoms with E-state index in [9.17, 15) is 8.42 Å². The van der Waals surface area contributed by atoms with Crippen molar-refractivity contribution in [3.63, 3.8) is 0 Å². The first-order valence-electron chi connectivity index (χ1n) is 5.98. The quantitative estimate of drug-likeness (QED) is 0.915. The van der Waals surface area contributed by atoms with Gasteiger partial charge in [0, 0.05) is 6.54 Å². The Morgan fingerprint density at radius 1 is 1.32 bits per heavy atom. The number of nitrogens with zero attached hydrogens (tertiary/aromatic N) is 1. The molecule has 1 N–H and O–H groups in total. The molecular formula is C12H15ClN2O3S. The van der Waals surface area contributed by atoms with Gasteiger partial charge >= 0.3 is 5.22 Å². The molecule has 1 saturated heterocycles. The molecule has 5 nitrogen and oxygen atoms in total. The van der Waals surface area contributed by atoms with Crippen LogP contribution in [0.4, 0.5) is 0 Å². The highest BCUT2D eigenvalue weighted by atomic mass is 35.5. The Morgan fingerprint density at radius 3 is 2.79 bits per heavy atom. The number of hydrogen-bond donors (Lipinski definition) is 1. The molecule has 0 aliphatic carbocycles. The van der Waals surface area contributed by atoms with Crippen LogP contribution in [0.25, 0.3) is 11.1 Å². The Morgan fingerprint density at radius 2 is 2.11 bits per heavy atom. The number of oxazole rings is 1. The van der Waals surface area contributed by atoms with Gasteiger partial charge in [0.15, 0.2) is 5.58 Å². The first kappa shape index (κ1) is 14.3. The van der Waals surface area contributed by atoms with Crippen LogP contribution in [0.5, 0.6) is 0 Å². The number of hydrogen-bond acceptors (Lipinski definition) is 5. The summed E-state index contributed by atoms with van der Waals surface area (Å²) in [4.78, 5) is 4.08. The van der Waals surface area contributed by atoms with Gasteiger partial charge in [0.05, 0.1) is 5.25 Å². The molecule has 0 amide bonds. The van der Waals surface area contributed by atoms with Gasteiger partial charge in [-0.25, -0.2) is 8.42 Å². The summed E-state index contributed by atoms with van der Waals surface area (Å²) < 4.78 is 30.1. The summed E-state index contributed by atoms with van der Waals surface area (Å²) in [5.41, 5.74) is 1.10. The largest absolute Gasteiger partial charge is 0.428 e. The third kappa shape index (κ3) is 2.61. The van der Waals surface area contributed by atoms with Gasteiger partial charge in [0.25, 0.3) is 0 Å². The van der Waals surface area contributed by atoms with Crippen LogP contribution < -0.4 is 5.32 Å². The lowest BCUT2D eigenvalue weighted by Gasteiger charge is -2.20. The first-order valence-corrected chi connectivity index (χ1v) is 7.53. The van der Waals surface area contributed by atoms with Crippen molar-refractivity contribution in [1.82, 2.24) is 10.3 Å². The first-order chi connectivity index (χ1) is 8.68. The second-order valence-electron chi connectivity index (χ2n) is 4.46. The lowest BCUT2D eigenvalue weighted by molar-refractivity contribution is 0.438. The minimum Gasteiger partial charge on any atom is -0.428 e. The molecule has 0 bridgehead atoms. The fraction of sp³-hybridized carbons (Fsp3) is 0.417. The van der Waals surface area contributed by atoms with Gasteiger partial charge < -0.3 is 9.73 Å². The predicted molar refractivity (Wildman–Crippen MR) is 74.3 cm³/mol. The van der Waals surface area contributed by atoms with Crippen LogP contribution >= 0.6 is 12.4 Å². The number of para-hydroxylation sites is 2. The van der Waals surface area contributed by atoms with E-state index in [1.807, 2.05) is 6.07 Å². The van der Waals surface area contributed by atoms with Gasteiger partial charge in [-0.1, -0.05) is 12.1 Å². The molecule has 1 aliphatic rings. The molecule has 1 aromatic heterocycles. The van der Waals surface area contributed by atoms with Crippen LogP contribution in [0, 0.1) is 0 Å². The van der Waals surface area contributed by atoms with Crippen LogP contribution in [-0.2, 0) is 9.84 Å². The highest BCUT2D eigenvalue weighted by molar-refractivity contribution is 7.91. The maximum atomic E-state index is 12.4. The van der Waals surface area contributed by atoms with E-state index in [1.165, 1.54) is 0 Å². The molecule has 1 fully saturated rings. The molecular weight excluding hydrogens is 288 g/mol. The molecule has 1 aromatic carbocycles. The van der Waals surface area contributed by atoms with Crippen LogP contribution in [0.3, 0.4) is 0 Å². The molecule has 2 heterocycles. The number of benzene rings is 1. The molecule has 1 atom stereocenters. The average molecular weight is 303 g/mol. The zero-order valence-corrected chi connectivity index (χ0v) is 11.8. The molecule has 1 unspecified atom stereocenters. The van der Waals surface area contributed by atoms with Crippen molar-refractivity contribution < 1.29 is 12.8 Å². The molecule has 104 valence electrons. The van der Waals surface area contributed by atoms with Gasteiger partial charge in [0.2, 0.25) is 9.84 Å². The molecule has 0 spiro atoms. The van der Waals surface area contributed by atoms with Gasteiger partial charge in [-0.05, 0) is 31.5 Å². The molecule has 19 heavy (non-hydrogen) atoms. The lowest BCUT2D eigenvalue weighted by atomic mass is 10.2. The second-order valence-corrected chi connectivity index (χ2v) is 6.57. The Kier molecular flexibility index (Phi) is 4.13. The summed E-state index contributed by atoms with van der Waals surface area (Å²) in [6.07, 6.45) is 1.53. The van der Waals surface area contributed by atoms with Crippen molar-refractivity contribution in [3.05, 3.63) is 24.3 Å². The molecule has 3 rings (SSSR count). The van der Waals surface area contributed by atoms with E-state index in [4.69, 9.17) is 4.42 Å².